The summed E-state index contributed by atoms with van der Waals surface area (Å²) in [6.45, 7) is 7.89. The summed E-state index contributed by atoms with van der Waals surface area (Å²) in [6, 6.07) is 16.3. The van der Waals surface area contributed by atoms with Gasteiger partial charge in [-0.3, -0.25) is 9.69 Å². The third-order valence-corrected chi connectivity index (χ3v) is 7.91. The van der Waals surface area contributed by atoms with E-state index in [1.165, 1.54) is 4.90 Å². The molecular weight excluding hydrogens is 446 g/mol. The van der Waals surface area contributed by atoms with Crippen LogP contribution in [0, 0.1) is 0 Å². The number of likely N-dealkylation sites (tertiary alicyclic amines) is 1. The van der Waals surface area contributed by atoms with E-state index in [1.807, 2.05) is 43.0 Å². The molecule has 2 heterocycles. The first-order valence-electron chi connectivity index (χ1n) is 12.3. The lowest BCUT2D eigenvalue weighted by atomic mass is 10.1. The Balaban J connectivity index is 1.52. The maximum Gasteiger partial charge on any atom is 0.240 e. The van der Waals surface area contributed by atoms with Crippen LogP contribution in [0.4, 0.5) is 0 Å². The summed E-state index contributed by atoms with van der Waals surface area (Å²) in [7, 11) is 3.83. The first kappa shape index (κ1) is 24.9. The van der Waals surface area contributed by atoms with Gasteiger partial charge in [-0.25, -0.2) is 0 Å². The first-order valence-corrected chi connectivity index (χ1v) is 13.2. The highest BCUT2D eigenvalue weighted by atomic mass is 32.2. The predicted octanol–water partition coefficient (Wildman–Crippen LogP) is 3.99. The molecule has 0 spiro atoms. The highest BCUT2D eigenvalue weighted by Gasteiger charge is 2.39. The van der Waals surface area contributed by atoms with E-state index in [-0.39, 0.29) is 11.9 Å². The lowest BCUT2D eigenvalue weighted by molar-refractivity contribution is -0.136. The van der Waals surface area contributed by atoms with E-state index in [4.69, 9.17) is 9.47 Å². The van der Waals surface area contributed by atoms with Gasteiger partial charge in [0.25, 0.3) is 0 Å². The van der Waals surface area contributed by atoms with Crippen LogP contribution in [0.1, 0.15) is 25.3 Å². The highest BCUT2D eigenvalue weighted by Crippen LogP contribution is 2.36. The quantitative estimate of drug-likeness (QED) is 0.566. The second-order valence-corrected chi connectivity index (χ2v) is 10.5. The Hall–Kier alpha value is -2.22. The number of carbonyl (C=O) groups excluding carboxylic acids is 1. The number of benzene rings is 2. The fraction of sp³-hybridized carbons (Fsp3) is 0.519. The van der Waals surface area contributed by atoms with Crippen molar-refractivity contribution >= 4 is 17.7 Å². The van der Waals surface area contributed by atoms with Crippen molar-refractivity contribution in [1.29, 1.82) is 0 Å². The molecule has 34 heavy (non-hydrogen) atoms. The van der Waals surface area contributed by atoms with E-state index in [2.05, 4.69) is 46.0 Å². The molecule has 2 saturated heterocycles. The zero-order valence-corrected chi connectivity index (χ0v) is 21.4. The van der Waals surface area contributed by atoms with E-state index >= 15 is 0 Å². The lowest BCUT2D eigenvalue weighted by Gasteiger charge is -2.30. The van der Waals surface area contributed by atoms with Crippen molar-refractivity contribution in [2.24, 2.45) is 0 Å². The molecule has 0 radical (unpaired) electrons. The number of methoxy groups -OCH3 is 1. The largest absolute Gasteiger partial charge is 0.497 e. The summed E-state index contributed by atoms with van der Waals surface area (Å²) in [4.78, 5) is 21.8. The van der Waals surface area contributed by atoms with Gasteiger partial charge in [-0.1, -0.05) is 18.2 Å². The smallest absolute Gasteiger partial charge is 0.240 e. The van der Waals surface area contributed by atoms with Crippen LogP contribution in [-0.2, 0) is 11.3 Å². The minimum atomic E-state index is -0.103. The lowest BCUT2D eigenvalue weighted by Crippen LogP contribution is -2.46. The molecule has 184 valence electrons. The van der Waals surface area contributed by atoms with Gasteiger partial charge in [0.15, 0.2) is 0 Å². The number of para-hydroxylation sites is 1. The number of amides is 1. The molecule has 4 rings (SSSR count). The van der Waals surface area contributed by atoms with Crippen molar-refractivity contribution in [3.63, 3.8) is 0 Å². The molecule has 0 unspecified atom stereocenters. The van der Waals surface area contributed by atoms with E-state index in [0.717, 1.165) is 69.2 Å². The van der Waals surface area contributed by atoms with Crippen LogP contribution < -0.4 is 9.47 Å². The van der Waals surface area contributed by atoms with Crippen molar-refractivity contribution < 1.29 is 14.3 Å². The van der Waals surface area contributed by atoms with Crippen LogP contribution >= 0.6 is 11.8 Å². The number of thioether (sulfide) groups is 1. The molecule has 7 heteroatoms. The predicted molar refractivity (Wildman–Crippen MR) is 138 cm³/mol. The molecule has 1 amide bonds. The van der Waals surface area contributed by atoms with Crippen molar-refractivity contribution in [3.05, 3.63) is 54.1 Å². The fourth-order valence-corrected chi connectivity index (χ4v) is 6.08. The van der Waals surface area contributed by atoms with Crippen molar-refractivity contribution in [2.45, 2.75) is 42.5 Å². The Bertz CT molecular complexity index is 939. The summed E-state index contributed by atoms with van der Waals surface area (Å²) in [5.74, 6) is 2.06. The molecule has 2 aliphatic heterocycles. The number of ether oxygens (including phenoxy) is 2. The molecule has 2 aliphatic rings. The first-order chi connectivity index (χ1) is 16.6. The van der Waals surface area contributed by atoms with Gasteiger partial charge in [-0.05, 0) is 63.7 Å². The van der Waals surface area contributed by atoms with Gasteiger partial charge in [0.2, 0.25) is 5.91 Å². The number of carbonyl (C=O) groups is 1. The summed E-state index contributed by atoms with van der Waals surface area (Å²) in [5, 5.41) is 0.358. The standard InChI is InChI=1S/C27H37N3O3S/c1-4-33-26-9-6-5-8-21(26)19-30-20-24(34-23-12-10-22(32-3)11-13-23)18-25(30)27(31)29-15-7-14-28(2)16-17-29/h5-6,8-13,24-25H,4,7,14-20H2,1-3H3/t24-,25+/m1/s1. The molecule has 2 aromatic carbocycles. The Morgan fingerprint density at radius 3 is 2.62 bits per heavy atom. The van der Waals surface area contributed by atoms with E-state index in [1.54, 1.807) is 7.11 Å². The maximum atomic E-state index is 13.8. The van der Waals surface area contributed by atoms with Crippen LogP contribution in [0.3, 0.4) is 0 Å². The highest BCUT2D eigenvalue weighted by molar-refractivity contribution is 8.00. The Kier molecular flexibility index (Phi) is 8.75. The summed E-state index contributed by atoms with van der Waals surface area (Å²) in [5.41, 5.74) is 1.15. The normalized spacial score (nSPS) is 21.9. The van der Waals surface area contributed by atoms with Gasteiger partial charge < -0.3 is 19.3 Å². The second-order valence-electron chi connectivity index (χ2n) is 9.12. The Labute approximate surface area is 208 Å². The van der Waals surface area contributed by atoms with Crippen molar-refractivity contribution in [1.82, 2.24) is 14.7 Å². The van der Waals surface area contributed by atoms with Crippen molar-refractivity contribution in [3.8, 4) is 11.5 Å². The summed E-state index contributed by atoms with van der Waals surface area (Å²) in [6.07, 6.45) is 1.89. The third kappa shape index (κ3) is 6.26. The topological polar surface area (TPSA) is 45.3 Å². The van der Waals surface area contributed by atoms with Gasteiger partial charge in [0.1, 0.15) is 11.5 Å². The molecule has 6 nitrogen and oxygen atoms in total. The fourth-order valence-electron chi connectivity index (χ4n) is 4.85. The second kappa shape index (κ2) is 12.0. The zero-order chi connectivity index (χ0) is 23.9. The number of hydrogen-bond acceptors (Lipinski definition) is 6. The van der Waals surface area contributed by atoms with E-state index in [9.17, 15) is 4.79 Å². The van der Waals surface area contributed by atoms with E-state index in [0.29, 0.717) is 11.9 Å². The van der Waals surface area contributed by atoms with Gasteiger partial charge in [0, 0.05) is 48.4 Å². The summed E-state index contributed by atoms with van der Waals surface area (Å²) < 4.78 is 11.2. The minimum absolute atomic E-state index is 0.103. The van der Waals surface area contributed by atoms with Crippen LogP contribution in [0.25, 0.3) is 0 Å². The summed E-state index contributed by atoms with van der Waals surface area (Å²) >= 11 is 1.86. The molecule has 0 aromatic heterocycles. The van der Waals surface area contributed by atoms with E-state index < -0.39 is 0 Å². The average Bonchev–Trinajstić information content (AvgIpc) is 3.10. The number of likely N-dealkylation sites (N-methyl/N-ethyl adjacent to an activating group) is 1. The molecule has 2 atom stereocenters. The molecule has 0 saturated carbocycles. The maximum absolute atomic E-state index is 13.8. The Morgan fingerprint density at radius 2 is 1.85 bits per heavy atom. The SMILES string of the molecule is CCOc1ccccc1CN1C[C@H](Sc2ccc(OC)cc2)C[C@H]1C(=O)N1CCCN(C)CC1. The molecular formula is C27H37N3O3S. The molecule has 2 fully saturated rings. The third-order valence-electron chi connectivity index (χ3n) is 6.69. The van der Waals surface area contributed by atoms with Crippen LogP contribution in [0.15, 0.2) is 53.4 Å². The number of hydrogen-bond donors (Lipinski definition) is 0. The van der Waals surface area contributed by atoms with Gasteiger partial charge in [-0.15, -0.1) is 11.8 Å². The van der Waals surface area contributed by atoms with Gasteiger partial charge in [0.05, 0.1) is 19.8 Å². The molecule has 2 aromatic rings. The average molecular weight is 484 g/mol. The number of rotatable bonds is 8. The van der Waals surface area contributed by atoms with Crippen LogP contribution in [0.5, 0.6) is 11.5 Å². The molecule has 0 bridgehead atoms. The van der Waals surface area contributed by atoms with Crippen molar-refractivity contribution in [2.75, 3.05) is 53.5 Å². The monoisotopic (exact) mass is 483 g/mol. The molecule has 0 N–H and O–H groups in total. The minimum Gasteiger partial charge on any atom is -0.497 e. The van der Waals surface area contributed by atoms with Crippen LogP contribution in [0.2, 0.25) is 0 Å². The van der Waals surface area contributed by atoms with Gasteiger partial charge in [-0.2, -0.15) is 0 Å². The van der Waals surface area contributed by atoms with Gasteiger partial charge >= 0.3 is 0 Å². The van der Waals surface area contributed by atoms with Crippen LogP contribution in [-0.4, -0.2) is 85.4 Å². The zero-order valence-electron chi connectivity index (χ0n) is 20.6. The Morgan fingerprint density at radius 1 is 1.06 bits per heavy atom. The number of nitrogens with zero attached hydrogens (tertiary/aromatic N) is 3. The molecule has 0 aliphatic carbocycles.